The first-order valence-electron chi connectivity index (χ1n) is 10.1. The molecule has 2 aromatic rings. The molecule has 160 valence electrons. The molecule has 30 heavy (non-hydrogen) atoms. The van der Waals surface area contributed by atoms with Gasteiger partial charge in [-0.2, -0.15) is 0 Å². The van der Waals surface area contributed by atoms with E-state index in [0.29, 0.717) is 52.6 Å². The van der Waals surface area contributed by atoms with Crippen molar-refractivity contribution in [2.24, 2.45) is 0 Å². The number of carbonyl (C=O) groups is 1. The summed E-state index contributed by atoms with van der Waals surface area (Å²) >= 11 is 6.57. The van der Waals surface area contributed by atoms with E-state index in [2.05, 4.69) is 10.3 Å². The number of nitrogens with one attached hydrogen (secondary N) is 1. The normalized spacial score (nSPS) is 15.6. The van der Waals surface area contributed by atoms with E-state index in [0.717, 1.165) is 18.4 Å². The molecule has 0 aliphatic carbocycles. The number of aromatic nitrogens is 2. The molecule has 0 bridgehead atoms. The molecule has 0 aromatic carbocycles. The molecule has 0 radical (unpaired) electrons. The Bertz CT molecular complexity index is 1050. The fourth-order valence-electron chi connectivity index (χ4n) is 3.10. The van der Waals surface area contributed by atoms with Gasteiger partial charge in [-0.3, -0.25) is 18.9 Å². The SMILES string of the molecule is CCCN1C(=O)C(=Cc2c(NCCCOCC)nc3ccc(C)cn3c2=O)SC1=S. The van der Waals surface area contributed by atoms with E-state index >= 15 is 0 Å². The highest BCUT2D eigenvalue weighted by Crippen LogP contribution is 2.33. The number of anilines is 1. The van der Waals surface area contributed by atoms with Crippen LogP contribution in [0.25, 0.3) is 11.7 Å². The van der Waals surface area contributed by atoms with Gasteiger partial charge in [0.05, 0.1) is 10.5 Å². The lowest BCUT2D eigenvalue weighted by molar-refractivity contribution is -0.122. The van der Waals surface area contributed by atoms with Crippen molar-refractivity contribution in [3.8, 4) is 0 Å². The molecule has 1 saturated heterocycles. The number of thiocarbonyl (C=S) groups is 1. The maximum atomic E-state index is 13.3. The molecule has 1 aliphatic heterocycles. The van der Waals surface area contributed by atoms with Gasteiger partial charge < -0.3 is 10.1 Å². The largest absolute Gasteiger partial charge is 0.382 e. The van der Waals surface area contributed by atoms with Crippen molar-refractivity contribution >= 4 is 51.7 Å². The lowest BCUT2D eigenvalue weighted by atomic mass is 10.2. The van der Waals surface area contributed by atoms with Gasteiger partial charge in [0.1, 0.15) is 15.8 Å². The molecular formula is C21H26N4O3S2. The van der Waals surface area contributed by atoms with E-state index in [1.54, 1.807) is 17.2 Å². The van der Waals surface area contributed by atoms with Crippen LogP contribution < -0.4 is 10.9 Å². The molecule has 0 saturated carbocycles. The van der Waals surface area contributed by atoms with Gasteiger partial charge in [-0.1, -0.05) is 37.0 Å². The van der Waals surface area contributed by atoms with Gasteiger partial charge in [-0.15, -0.1) is 0 Å². The van der Waals surface area contributed by atoms with Gasteiger partial charge in [0.2, 0.25) is 0 Å². The van der Waals surface area contributed by atoms with Crippen molar-refractivity contribution in [1.29, 1.82) is 0 Å². The maximum absolute atomic E-state index is 13.3. The van der Waals surface area contributed by atoms with Crippen molar-refractivity contribution in [1.82, 2.24) is 14.3 Å². The predicted molar refractivity (Wildman–Crippen MR) is 126 cm³/mol. The minimum Gasteiger partial charge on any atom is -0.382 e. The van der Waals surface area contributed by atoms with E-state index in [-0.39, 0.29) is 11.5 Å². The first kappa shape index (κ1) is 22.5. The van der Waals surface area contributed by atoms with E-state index in [1.807, 2.05) is 32.9 Å². The van der Waals surface area contributed by atoms with Crippen LogP contribution in [0.3, 0.4) is 0 Å². The summed E-state index contributed by atoms with van der Waals surface area (Å²) in [4.78, 5) is 32.7. The second kappa shape index (κ2) is 10.2. The number of pyridine rings is 1. The monoisotopic (exact) mass is 446 g/mol. The maximum Gasteiger partial charge on any atom is 0.267 e. The standard InChI is InChI=1S/C21H26N4O3S2/c1-4-10-24-20(27)16(30-21(24)29)12-15-18(22-9-6-11-28-5-2)23-17-8-7-14(3)13-25(17)19(15)26/h7-8,12-13,22H,4-6,9-11H2,1-3H3. The summed E-state index contributed by atoms with van der Waals surface area (Å²) < 4.78 is 7.40. The minimum absolute atomic E-state index is 0.164. The summed E-state index contributed by atoms with van der Waals surface area (Å²) in [5, 5.41) is 3.24. The smallest absolute Gasteiger partial charge is 0.267 e. The van der Waals surface area contributed by atoms with Crippen LogP contribution in [0.5, 0.6) is 0 Å². The third-order valence-corrected chi connectivity index (χ3v) is 5.94. The highest BCUT2D eigenvalue weighted by atomic mass is 32.2. The van der Waals surface area contributed by atoms with Crippen molar-refractivity contribution in [2.75, 3.05) is 31.6 Å². The van der Waals surface area contributed by atoms with Crippen molar-refractivity contribution in [3.05, 3.63) is 44.7 Å². The minimum atomic E-state index is -0.225. The van der Waals surface area contributed by atoms with E-state index in [4.69, 9.17) is 17.0 Å². The Hall–Kier alpha value is -2.23. The number of amides is 1. The molecule has 1 amide bonds. The molecule has 3 rings (SSSR count). The van der Waals surface area contributed by atoms with Crippen molar-refractivity contribution in [2.45, 2.75) is 33.6 Å². The Balaban J connectivity index is 2.01. The van der Waals surface area contributed by atoms with Crippen LogP contribution in [-0.2, 0) is 9.53 Å². The van der Waals surface area contributed by atoms with Crippen molar-refractivity contribution in [3.63, 3.8) is 0 Å². The molecule has 0 spiro atoms. The second-order valence-electron chi connectivity index (χ2n) is 6.92. The summed E-state index contributed by atoms with van der Waals surface area (Å²) in [5.74, 6) is 0.295. The summed E-state index contributed by atoms with van der Waals surface area (Å²) in [6.07, 6.45) is 4.96. The number of rotatable bonds is 9. The Morgan fingerprint density at radius 3 is 2.83 bits per heavy atom. The average molecular weight is 447 g/mol. The van der Waals surface area contributed by atoms with Gasteiger partial charge in [0.15, 0.2) is 0 Å². The Labute approximate surface area is 185 Å². The Morgan fingerprint density at radius 1 is 1.30 bits per heavy atom. The fraction of sp³-hybridized carbons (Fsp3) is 0.429. The number of thioether (sulfide) groups is 1. The molecule has 9 heteroatoms. The van der Waals surface area contributed by atoms with Gasteiger partial charge in [-0.25, -0.2) is 4.98 Å². The number of nitrogens with zero attached hydrogens (tertiary/aromatic N) is 3. The molecule has 1 N–H and O–H groups in total. The third kappa shape index (κ3) is 4.91. The predicted octanol–water partition coefficient (Wildman–Crippen LogP) is 3.45. The molecule has 1 fully saturated rings. The van der Waals surface area contributed by atoms with E-state index in [1.165, 1.54) is 16.2 Å². The van der Waals surface area contributed by atoms with Gasteiger partial charge in [0.25, 0.3) is 11.5 Å². The van der Waals surface area contributed by atoms with Crippen LogP contribution in [0.4, 0.5) is 5.82 Å². The van der Waals surface area contributed by atoms with E-state index < -0.39 is 0 Å². The van der Waals surface area contributed by atoms with Crippen molar-refractivity contribution < 1.29 is 9.53 Å². The zero-order chi connectivity index (χ0) is 21.7. The lowest BCUT2D eigenvalue weighted by Crippen LogP contribution is -2.28. The highest BCUT2D eigenvalue weighted by Gasteiger charge is 2.31. The van der Waals surface area contributed by atoms with Gasteiger partial charge in [-0.05, 0) is 44.4 Å². The molecule has 0 atom stereocenters. The lowest BCUT2D eigenvalue weighted by Gasteiger charge is -2.12. The van der Waals surface area contributed by atoms with Crippen LogP contribution in [0.1, 0.15) is 37.8 Å². The van der Waals surface area contributed by atoms with Crippen LogP contribution in [0, 0.1) is 6.92 Å². The van der Waals surface area contributed by atoms with Crippen LogP contribution >= 0.6 is 24.0 Å². The highest BCUT2D eigenvalue weighted by molar-refractivity contribution is 8.26. The summed E-state index contributed by atoms with van der Waals surface area (Å²) in [7, 11) is 0. The zero-order valence-electron chi connectivity index (χ0n) is 17.4. The number of hydrogen-bond acceptors (Lipinski definition) is 7. The first-order valence-corrected chi connectivity index (χ1v) is 11.3. The van der Waals surface area contributed by atoms with Crippen LogP contribution in [0.15, 0.2) is 28.0 Å². The number of hydrogen-bond donors (Lipinski definition) is 1. The Morgan fingerprint density at radius 2 is 2.10 bits per heavy atom. The van der Waals surface area contributed by atoms with Crippen LogP contribution in [-0.4, -0.2) is 50.8 Å². The number of ether oxygens (including phenoxy) is 1. The second-order valence-corrected chi connectivity index (χ2v) is 8.60. The van der Waals surface area contributed by atoms with Gasteiger partial charge in [0, 0.05) is 32.5 Å². The number of carbonyl (C=O) groups excluding carboxylic acids is 1. The summed E-state index contributed by atoms with van der Waals surface area (Å²) in [5.41, 5.74) is 1.63. The van der Waals surface area contributed by atoms with Crippen LogP contribution in [0.2, 0.25) is 0 Å². The quantitative estimate of drug-likeness (QED) is 0.359. The average Bonchev–Trinajstić information content (AvgIpc) is 2.98. The number of aryl methyl sites for hydroxylation is 1. The zero-order valence-corrected chi connectivity index (χ0v) is 19.1. The van der Waals surface area contributed by atoms with Gasteiger partial charge >= 0.3 is 0 Å². The molecule has 1 aliphatic rings. The summed E-state index contributed by atoms with van der Waals surface area (Å²) in [6.45, 7) is 8.33. The molecular weight excluding hydrogens is 420 g/mol. The third-order valence-electron chi connectivity index (χ3n) is 4.56. The number of fused-ring (bicyclic) bond motifs is 1. The fourth-order valence-corrected chi connectivity index (χ4v) is 4.39. The topological polar surface area (TPSA) is 75.9 Å². The molecule has 2 aromatic heterocycles. The molecule has 7 nitrogen and oxygen atoms in total. The molecule has 0 unspecified atom stereocenters. The Kier molecular flexibility index (Phi) is 7.63. The summed E-state index contributed by atoms with van der Waals surface area (Å²) in [6, 6.07) is 3.72. The first-order chi connectivity index (χ1) is 14.5. The van der Waals surface area contributed by atoms with E-state index in [9.17, 15) is 9.59 Å². The molecule has 3 heterocycles.